The summed E-state index contributed by atoms with van der Waals surface area (Å²) in [4.78, 5) is 0.321. The summed E-state index contributed by atoms with van der Waals surface area (Å²) in [7, 11) is 0. The topological polar surface area (TPSA) is 63.1 Å². The summed E-state index contributed by atoms with van der Waals surface area (Å²) >= 11 is -0.939. The molecule has 12 heavy (non-hydrogen) atoms. The maximum absolute atomic E-state index is 10.8. The highest BCUT2D eigenvalue weighted by molar-refractivity contribution is 7.79. The maximum atomic E-state index is 10.8. The lowest BCUT2D eigenvalue weighted by atomic mass is 10.3. The fourth-order valence-electron chi connectivity index (χ4n) is 0.922. The number of fused-ring (bicyclic) bond motifs is 1. The zero-order valence-electron chi connectivity index (χ0n) is 5.80. The van der Waals surface area contributed by atoms with E-state index in [4.69, 9.17) is 4.55 Å². The molecule has 1 aromatic heterocycles. The molecule has 2 aromatic rings. The van der Waals surface area contributed by atoms with Crippen molar-refractivity contribution in [1.29, 1.82) is 0 Å². The third kappa shape index (κ3) is 1.13. The van der Waals surface area contributed by atoms with Crippen molar-refractivity contribution in [2.45, 2.75) is 4.90 Å². The molecule has 1 atom stereocenters. The van der Waals surface area contributed by atoms with Gasteiger partial charge in [-0.15, -0.1) is 0 Å². The van der Waals surface area contributed by atoms with Crippen molar-refractivity contribution in [3.8, 4) is 0 Å². The van der Waals surface area contributed by atoms with Gasteiger partial charge in [0.1, 0.15) is 11.0 Å². The second kappa shape index (κ2) is 2.89. The van der Waals surface area contributed by atoms with Crippen LogP contribution in [0.25, 0.3) is 11.0 Å². The van der Waals surface area contributed by atoms with E-state index in [-0.39, 0.29) is 0 Å². The summed E-state index contributed by atoms with van der Waals surface area (Å²) in [6.07, 6.45) is 0. The molecule has 1 aromatic carbocycles. The molecule has 0 aliphatic rings. The van der Waals surface area contributed by atoms with Gasteiger partial charge in [0, 0.05) is 0 Å². The molecule has 0 fully saturated rings. The molecular formula is C6H4N2O2S2. The molecule has 0 spiro atoms. The molecule has 4 nitrogen and oxygen atoms in total. The minimum Gasteiger partial charge on any atom is -0.302 e. The van der Waals surface area contributed by atoms with Crippen LogP contribution in [0.5, 0.6) is 0 Å². The van der Waals surface area contributed by atoms with Crippen molar-refractivity contribution in [3.63, 3.8) is 0 Å². The fraction of sp³-hybridized carbons (Fsp3) is 0. The molecule has 0 radical (unpaired) electrons. The van der Waals surface area contributed by atoms with Gasteiger partial charge in [0.15, 0.2) is 11.1 Å². The van der Waals surface area contributed by atoms with E-state index in [0.717, 1.165) is 11.7 Å². The van der Waals surface area contributed by atoms with E-state index >= 15 is 0 Å². The molecule has 0 bridgehead atoms. The van der Waals surface area contributed by atoms with Crippen LogP contribution >= 0.6 is 11.7 Å². The van der Waals surface area contributed by atoms with Crippen LogP contribution < -0.4 is 0 Å². The quantitative estimate of drug-likeness (QED) is 0.704. The summed E-state index contributed by atoms with van der Waals surface area (Å²) in [5.74, 6) is 0. The van der Waals surface area contributed by atoms with Gasteiger partial charge in [-0.3, -0.25) is 0 Å². The average molecular weight is 200 g/mol. The van der Waals surface area contributed by atoms with Crippen molar-refractivity contribution in [1.82, 2.24) is 8.75 Å². The van der Waals surface area contributed by atoms with Gasteiger partial charge in [0.25, 0.3) is 0 Å². The predicted molar refractivity (Wildman–Crippen MR) is 46.5 cm³/mol. The molecule has 0 aliphatic carbocycles. The molecule has 1 unspecified atom stereocenters. The van der Waals surface area contributed by atoms with Crippen LogP contribution in [-0.2, 0) is 11.1 Å². The van der Waals surface area contributed by atoms with Crippen molar-refractivity contribution in [3.05, 3.63) is 18.2 Å². The lowest BCUT2D eigenvalue weighted by molar-refractivity contribution is 0.565. The van der Waals surface area contributed by atoms with E-state index in [0.29, 0.717) is 15.9 Å². The first-order chi connectivity index (χ1) is 5.79. The lowest BCUT2D eigenvalue weighted by Gasteiger charge is -1.92. The van der Waals surface area contributed by atoms with Crippen molar-refractivity contribution in [2.24, 2.45) is 0 Å². The summed E-state index contributed by atoms with van der Waals surface area (Å²) in [5, 5.41) is 0. The number of hydrogen-bond donors (Lipinski definition) is 1. The zero-order valence-corrected chi connectivity index (χ0v) is 7.43. The van der Waals surface area contributed by atoms with Crippen molar-refractivity contribution < 1.29 is 8.76 Å². The summed E-state index contributed by atoms with van der Waals surface area (Å²) < 4.78 is 27.5. The summed E-state index contributed by atoms with van der Waals surface area (Å²) in [5.41, 5.74) is 1.18. The molecule has 2 rings (SSSR count). The molecule has 0 saturated heterocycles. The first-order valence-electron chi connectivity index (χ1n) is 3.11. The van der Waals surface area contributed by atoms with E-state index in [1.54, 1.807) is 18.2 Å². The van der Waals surface area contributed by atoms with Crippen LogP contribution in [0.1, 0.15) is 0 Å². The Morgan fingerprint density at radius 1 is 1.42 bits per heavy atom. The monoisotopic (exact) mass is 200 g/mol. The number of aromatic nitrogens is 2. The molecule has 0 amide bonds. The molecule has 1 N–H and O–H groups in total. The summed E-state index contributed by atoms with van der Waals surface area (Å²) in [6, 6.07) is 5.02. The van der Waals surface area contributed by atoms with Crippen molar-refractivity contribution in [2.75, 3.05) is 0 Å². The predicted octanol–water partition coefficient (Wildman–Crippen LogP) is 1.27. The molecule has 1 heterocycles. The Balaban J connectivity index is 2.82. The number of hydrogen-bond acceptors (Lipinski definition) is 4. The van der Waals surface area contributed by atoms with Gasteiger partial charge >= 0.3 is 0 Å². The smallest absolute Gasteiger partial charge is 0.188 e. The van der Waals surface area contributed by atoms with Crippen LogP contribution in [0, 0.1) is 0 Å². The average Bonchev–Trinajstić information content (AvgIpc) is 2.49. The highest BCUT2D eigenvalue weighted by atomic mass is 32.2. The molecule has 62 valence electrons. The lowest BCUT2D eigenvalue weighted by Crippen LogP contribution is -1.88. The van der Waals surface area contributed by atoms with E-state index in [2.05, 4.69) is 8.75 Å². The van der Waals surface area contributed by atoms with Gasteiger partial charge in [-0.05, 0) is 12.1 Å². The SMILES string of the molecule is O=S(O)c1cccc2nsnc12. The summed E-state index contributed by atoms with van der Waals surface area (Å²) in [6.45, 7) is 0. The van der Waals surface area contributed by atoms with Crippen LogP contribution in [-0.4, -0.2) is 17.5 Å². The second-order valence-electron chi connectivity index (χ2n) is 2.14. The standard InChI is InChI=1S/C6H4N2O2S2/c9-12(10)5-3-1-2-4-6(5)8-11-7-4/h1-3H,(H,9,10). The van der Waals surface area contributed by atoms with E-state index in [1.165, 1.54) is 0 Å². The number of benzene rings is 1. The van der Waals surface area contributed by atoms with Crippen molar-refractivity contribution >= 4 is 33.8 Å². The molecule has 6 heteroatoms. The van der Waals surface area contributed by atoms with Gasteiger partial charge in [-0.1, -0.05) is 6.07 Å². The Kier molecular flexibility index (Phi) is 1.87. The minimum atomic E-state index is -1.98. The highest BCUT2D eigenvalue weighted by Crippen LogP contribution is 2.18. The zero-order chi connectivity index (χ0) is 8.55. The maximum Gasteiger partial charge on any atom is 0.188 e. The first kappa shape index (κ1) is 7.78. The fourth-order valence-corrected chi connectivity index (χ4v) is 2.04. The van der Waals surface area contributed by atoms with Gasteiger partial charge < -0.3 is 4.55 Å². The minimum absolute atomic E-state index is 0.321. The Morgan fingerprint density at radius 2 is 2.25 bits per heavy atom. The van der Waals surface area contributed by atoms with E-state index < -0.39 is 11.1 Å². The van der Waals surface area contributed by atoms with Crippen LogP contribution in [0.15, 0.2) is 23.1 Å². The van der Waals surface area contributed by atoms with Gasteiger partial charge in [-0.2, -0.15) is 8.75 Å². The van der Waals surface area contributed by atoms with Crippen LogP contribution in [0.2, 0.25) is 0 Å². The Labute approximate surface area is 74.9 Å². The van der Waals surface area contributed by atoms with E-state index in [1.807, 2.05) is 0 Å². The third-order valence-electron chi connectivity index (χ3n) is 1.44. The molecular weight excluding hydrogens is 196 g/mol. The highest BCUT2D eigenvalue weighted by Gasteiger charge is 2.08. The first-order valence-corrected chi connectivity index (χ1v) is 4.95. The Bertz CT molecular complexity index is 440. The van der Waals surface area contributed by atoms with E-state index in [9.17, 15) is 4.21 Å². The van der Waals surface area contributed by atoms with Crippen LogP contribution in [0.3, 0.4) is 0 Å². The molecule has 0 aliphatic heterocycles. The Morgan fingerprint density at radius 3 is 3.00 bits per heavy atom. The Hall–Kier alpha value is -0.850. The second-order valence-corrected chi connectivity index (χ2v) is 3.60. The van der Waals surface area contributed by atoms with Gasteiger partial charge in [0.05, 0.1) is 16.6 Å². The largest absolute Gasteiger partial charge is 0.302 e. The van der Waals surface area contributed by atoms with Crippen LogP contribution in [0.4, 0.5) is 0 Å². The molecule has 0 saturated carbocycles. The number of nitrogens with zero attached hydrogens (tertiary/aromatic N) is 2. The third-order valence-corrected chi connectivity index (χ3v) is 2.69. The van der Waals surface area contributed by atoms with Gasteiger partial charge in [0.2, 0.25) is 0 Å². The number of rotatable bonds is 1. The van der Waals surface area contributed by atoms with Gasteiger partial charge in [-0.25, -0.2) is 4.21 Å². The normalized spacial score (nSPS) is 13.4.